The molecule has 0 saturated carbocycles. The van der Waals surface area contributed by atoms with Crippen molar-refractivity contribution in [3.8, 4) is 0 Å². The van der Waals surface area contributed by atoms with Gasteiger partial charge in [-0.1, -0.05) is 32.4 Å². The summed E-state index contributed by atoms with van der Waals surface area (Å²) in [5, 5.41) is 3.36. The number of nitrogens with one attached hydrogen (secondary N) is 1. The maximum Gasteiger partial charge on any atom is 0.0931 e. The number of thiophene rings is 1. The first-order chi connectivity index (χ1) is 6.92. The molecule has 0 bridgehead atoms. The lowest BCUT2D eigenvalue weighted by Gasteiger charge is -2.22. The lowest BCUT2D eigenvalue weighted by molar-refractivity contribution is 0.339. The van der Waals surface area contributed by atoms with Crippen molar-refractivity contribution in [1.29, 1.82) is 0 Å². The summed E-state index contributed by atoms with van der Waals surface area (Å²) in [4.78, 5) is 1.34. The molecule has 0 aliphatic rings. The summed E-state index contributed by atoms with van der Waals surface area (Å²) >= 11 is 7.62. The Morgan fingerprint density at radius 3 is 2.47 bits per heavy atom. The zero-order chi connectivity index (χ0) is 11.5. The Hall–Kier alpha value is -0.0500. The molecular formula is C12H20ClNS. The normalized spacial score (nSPS) is 14.2. The van der Waals surface area contributed by atoms with Gasteiger partial charge in [-0.3, -0.25) is 0 Å². The first-order valence-electron chi connectivity index (χ1n) is 5.35. The van der Waals surface area contributed by atoms with Crippen molar-refractivity contribution in [3.05, 3.63) is 21.3 Å². The van der Waals surface area contributed by atoms with E-state index in [1.54, 1.807) is 11.3 Å². The molecule has 1 aromatic heterocycles. The van der Waals surface area contributed by atoms with Crippen LogP contribution in [0.2, 0.25) is 4.34 Å². The van der Waals surface area contributed by atoms with Gasteiger partial charge in [0, 0.05) is 10.9 Å². The predicted molar refractivity (Wildman–Crippen MR) is 69.8 cm³/mol. The van der Waals surface area contributed by atoms with Gasteiger partial charge in [0.25, 0.3) is 0 Å². The molecule has 1 heterocycles. The number of hydrogen-bond donors (Lipinski definition) is 1. The van der Waals surface area contributed by atoms with E-state index in [4.69, 9.17) is 11.6 Å². The van der Waals surface area contributed by atoms with Crippen LogP contribution in [0.5, 0.6) is 0 Å². The second-order valence-electron chi connectivity index (χ2n) is 5.08. The van der Waals surface area contributed by atoms with E-state index >= 15 is 0 Å². The van der Waals surface area contributed by atoms with Crippen LogP contribution in [0.1, 0.15) is 44.5 Å². The molecule has 0 aliphatic carbocycles. The Labute approximate surface area is 102 Å². The van der Waals surface area contributed by atoms with Crippen molar-refractivity contribution >= 4 is 22.9 Å². The van der Waals surface area contributed by atoms with E-state index < -0.39 is 0 Å². The summed E-state index contributed by atoms with van der Waals surface area (Å²) in [7, 11) is 2.01. The van der Waals surface area contributed by atoms with Gasteiger partial charge < -0.3 is 5.32 Å². The number of hydrogen-bond acceptors (Lipinski definition) is 2. The summed E-state index contributed by atoms with van der Waals surface area (Å²) in [6.07, 6.45) is 2.38. The fourth-order valence-corrected chi connectivity index (χ4v) is 2.73. The van der Waals surface area contributed by atoms with Gasteiger partial charge in [-0.2, -0.15) is 0 Å². The monoisotopic (exact) mass is 245 g/mol. The van der Waals surface area contributed by atoms with Crippen LogP contribution in [-0.2, 0) is 0 Å². The van der Waals surface area contributed by atoms with Crippen LogP contribution >= 0.6 is 22.9 Å². The zero-order valence-electron chi connectivity index (χ0n) is 9.93. The van der Waals surface area contributed by atoms with Gasteiger partial charge in [0.1, 0.15) is 0 Å². The Morgan fingerprint density at radius 2 is 2.07 bits per heavy atom. The van der Waals surface area contributed by atoms with E-state index in [-0.39, 0.29) is 0 Å². The van der Waals surface area contributed by atoms with Crippen LogP contribution in [0.3, 0.4) is 0 Å². The lowest BCUT2D eigenvalue weighted by Crippen LogP contribution is -2.17. The van der Waals surface area contributed by atoms with Gasteiger partial charge in [-0.15, -0.1) is 11.3 Å². The molecular weight excluding hydrogens is 226 g/mol. The van der Waals surface area contributed by atoms with Crippen LogP contribution in [0.25, 0.3) is 0 Å². The van der Waals surface area contributed by atoms with E-state index in [9.17, 15) is 0 Å². The molecule has 86 valence electrons. The van der Waals surface area contributed by atoms with Crippen LogP contribution in [0.15, 0.2) is 12.1 Å². The standard InChI is InChI=1S/C12H20ClNS/c1-12(2,3)8-7-9(14-4)10-5-6-11(13)15-10/h5-6,9,14H,7-8H2,1-4H3. The Balaban J connectivity index is 2.57. The number of halogens is 1. The van der Waals surface area contributed by atoms with Crippen molar-refractivity contribution in [2.24, 2.45) is 5.41 Å². The minimum atomic E-state index is 0.399. The van der Waals surface area contributed by atoms with Crippen LogP contribution in [0, 0.1) is 5.41 Å². The fraction of sp³-hybridized carbons (Fsp3) is 0.667. The molecule has 1 atom stereocenters. The van der Waals surface area contributed by atoms with Gasteiger partial charge in [-0.05, 0) is 37.4 Å². The average Bonchev–Trinajstić information content (AvgIpc) is 2.51. The molecule has 1 unspecified atom stereocenters. The van der Waals surface area contributed by atoms with E-state index in [1.807, 2.05) is 13.1 Å². The zero-order valence-corrected chi connectivity index (χ0v) is 11.5. The highest BCUT2D eigenvalue weighted by Crippen LogP contribution is 2.32. The molecule has 1 rings (SSSR count). The van der Waals surface area contributed by atoms with Crippen molar-refractivity contribution in [1.82, 2.24) is 5.32 Å². The molecule has 0 spiro atoms. The van der Waals surface area contributed by atoms with Gasteiger partial charge in [0.05, 0.1) is 4.34 Å². The summed E-state index contributed by atoms with van der Waals surface area (Å²) in [6.45, 7) is 6.84. The summed E-state index contributed by atoms with van der Waals surface area (Å²) in [6, 6.07) is 4.54. The first kappa shape index (κ1) is 13.0. The van der Waals surface area contributed by atoms with Crippen molar-refractivity contribution in [2.45, 2.75) is 39.7 Å². The Kier molecular flexibility index (Phi) is 4.63. The van der Waals surface area contributed by atoms with Crippen molar-refractivity contribution < 1.29 is 0 Å². The molecule has 1 aromatic rings. The molecule has 0 aromatic carbocycles. The third kappa shape index (κ3) is 4.54. The quantitative estimate of drug-likeness (QED) is 0.824. The second-order valence-corrected chi connectivity index (χ2v) is 6.83. The molecule has 0 saturated heterocycles. The largest absolute Gasteiger partial charge is 0.312 e. The summed E-state index contributed by atoms with van der Waals surface area (Å²) in [5.41, 5.74) is 0.399. The fourth-order valence-electron chi connectivity index (χ4n) is 1.52. The minimum absolute atomic E-state index is 0.399. The molecule has 0 amide bonds. The summed E-state index contributed by atoms with van der Waals surface area (Å²) < 4.78 is 0.876. The maximum atomic E-state index is 5.94. The lowest BCUT2D eigenvalue weighted by atomic mass is 9.88. The van der Waals surface area contributed by atoms with Crippen LogP contribution in [0.4, 0.5) is 0 Å². The van der Waals surface area contributed by atoms with Crippen molar-refractivity contribution in [3.63, 3.8) is 0 Å². The maximum absolute atomic E-state index is 5.94. The van der Waals surface area contributed by atoms with Gasteiger partial charge in [-0.25, -0.2) is 0 Å². The van der Waals surface area contributed by atoms with Crippen molar-refractivity contribution in [2.75, 3.05) is 7.05 Å². The third-order valence-corrected chi connectivity index (χ3v) is 3.81. The highest BCUT2D eigenvalue weighted by Gasteiger charge is 2.16. The van der Waals surface area contributed by atoms with Gasteiger partial charge >= 0.3 is 0 Å². The molecule has 1 N–H and O–H groups in total. The van der Waals surface area contributed by atoms with Gasteiger partial charge in [0.2, 0.25) is 0 Å². The van der Waals surface area contributed by atoms with E-state index in [0.29, 0.717) is 11.5 Å². The highest BCUT2D eigenvalue weighted by molar-refractivity contribution is 7.16. The van der Waals surface area contributed by atoms with Crippen LogP contribution < -0.4 is 5.32 Å². The van der Waals surface area contributed by atoms with Gasteiger partial charge in [0.15, 0.2) is 0 Å². The minimum Gasteiger partial charge on any atom is -0.312 e. The topological polar surface area (TPSA) is 12.0 Å². The second kappa shape index (κ2) is 5.33. The SMILES string of the molecule is CNC(CCC(C)(C)C)c1ccc(Cl)s1. The molecule has 0 radical (unpaired) electrons. The predicted octanol–water partition coefficient (Wildman–Crippen LogP) is 4.49. The highest BCUT2D eigenvalue weighted by atomic mass is 35.5. The summed E-state index contributed by atoms with van der Waals surface area (Å²) in [5.74, 6) is 0. The van der Waals surface area contributed by atoms with E-state index in [2.05, 4.69) is 32.2 Å². The van der Waals surface area contributed by atoms with E-state index in [1.165, 1.54) is 11.3 Å². The molecule has 1 nitrogen and oxygen atoms in total. The molecule has 0 aliphatic heterocycles. The Morgan fingerprint density at radius 1 is 1.40 bits per heavy atom. The molecule has 3 heteroatoms. The average molecular weight is 246 g/mol. The van der Waals surface area contributed by atoms with Crippen LogP contribution in [-0.4, -0.2) is 7.05 Å². The Bertz CT molecular complexity index is 301. The first-order valence-corrected chi connectivity index (χ1v) is 6.54. The molecule has 0 fully saturated rings. The number of rotatable bonds is 4. The smallest absolute Gasteiger partial charge is 0.0931 e. The van der Waals surface area contributed by atoms with E-state index in [0.717, 1.165) is 10.8 Å². The molecule has 15 heavy (non-hydrogen) atoms. The third-order valence-electron chi connectivity index (χ3n) is 2.47.